The zero-order valence-corrected chi connectivity index (χ0v) is 7.03. The summed E-state index contributed by atoms with van der Waals surface area (Å²) < 4.78 is 5.13. The van der Waals surface area contributed by atoms with Gasteiger partial charge in [0.15, 0.2) is 0 Å². The third kappa shape index (κ3) is 2.79. The van der Waals surface area contributed by atoms with Crippen molar-refractivity contribution in [2.24, 2.45) is 11.7 Å². The lowest BCUT2D eigenvalue weighted by molar-refractivity contribution is -0.121. The van der Waals surface area contributed by atoms with Gasteiger partial charge in [-0.15, -0.1) is 0 Å². The van der Waals surface area contributed by atoms with Crippen LogP contribution in [0.2, 0.25) is 0 Å². The van der Waals surface area contributed by atoms with Crippen molar-refractivity contribution in [1.29, 1.82) is 0 Å². The number of rotatable bonds is 3. The van der Waals surface area contributed by atoms with Gasteiger partial charge in [0.25, 0.3) is 0 Å². The predicted molar refractivity (Wildman–Crippen MR) is 43.4 cm³/mol. The third-order valence-corrected chi connectivity index (χ3v) is 2.22. The zero-order chi connectivity index (χ0) is 8.97. The summed E-state index contributed by atoms with van der Waals surface area (Å²) in [6, 6.07) is 0. The van der Waals surface area contributed by atoms with Crippen LogP contribution in [0.4, 0.5) is 0 Å². The molecule has 0 aromatic rings. The van der Waals surface area contributed by atoms with E-state index in [1.807, 2.05) is 0 Å². The number of primary amides is 1. The molecule has 4 heteroatoms. The van der Waals surface area contributed by atoms with Crippen LogP contribution in [0, 0.1) is 5.92 Å². The zero-order valence-electron chi connectivity index (χ0n) is 7.03. The van der Waals surface area contributed by atoms with Crippen LogP contribution >= 0.6 is 0 Å². The van der Waals surface area contributed by atoms with Crippen LogP contribution in [0.1, 0.15) is 19.3 Å². The van der Waals surface area contributed by atoms with Gasteiger partial charge in [0.05, 0.1) is 12.5 Å². The molecule has 1 amide bonds. The molecule has 1 saturated heterocycles. The Bertz CT molecular complexity index is 154. The SMILES string of the molecule is NC(=O)CC(O)C1CCOCC1. The first-order valence-electron chi connectivity index (χ1n) is 4.24. The number of aliphatic hydroxyl groups is 1. The second-order valence-corrected chi connectivity index (χ2v) is 3.19. The molecule has 0 saturated carbocycles. The molecule has 0 radical (unpaired) electrons. The highest BCUT2D eigenvalue weighted by atomic mass is 16.5. The molecule has 1 unspecified atom stereocenters. The average Bonchev–Trinajstić information content (AvgIpc) is 2.05. The highest BCUT2D eigenvalue weighted by Crippen LogP contribution is 2.20. The lowest BCUT2D eigenvalue weighted by Crippen LogP contribution is -2.31. The van der Waals surface area contributed by atoms with E-state index in [-0.39, 0.29) is 12.3 Å². The standard InChI is InChI=1S/C8H15NO3/c9-8(11)5-7(10)6-1-3-12-4-2-6/h6-7,10H,1-5H2,(H2,9,11). The van der Waals surface area contributed by atoms with E-state index in [1.165, 1.54) is 0 Å². The van der Waals surface area contributed by atoms with Crippen molar-refractivity contribution < 1.29 is 14.6 Å². The molecule has 1 atom stereocenters. The van der Waals surface area contributed by atoms with Crippen LogP contribution in [-0.4, -0.2) is 30.3 Å². The van der Waals surface area contributed by atoms with Gasteiger partial charge >= 0.3 is 0 Å². The molecular weight excluding hydrogens is 158 g/mol. The second-order valence-electron chi connectivity index (χ2n) is 3.19. The molecular formula is C8H15NO3. The fourth-order valence-electron chi connectivity index (χ4n) is 1.47. The van der Waals surface area contributed by atoms with Crippen molar-refractivity contribution in [2.75, 3.05) is 13.2 Å². The summed E-state index contributed by atoms with van der Waals surface area (Å²) in [6.07, 6.45) is 1.15. The largest absolute Gasteiger partial charge is 0.392 e. The smallest absolute Gasteiger partial charge is 0.220 e. The number of aliphatic hydroxyl groups excluding tert-OH is 1. The topological polar surface area (TPSA) is 72.6 Å². The molecule has 1 rings (SSSR count). The molecule has 1 aliphatic heterocycles. The molecule has 3 N–H and O–H groups in total. The molecule has 70 valence electrons. The number of carbonyl (C=O) groups is 1. The van der Waals surface area contributed by atoms with Gasteiger partial charge in [-0.25, -0.2) is 0 Å². The van der Waals surface area contributed by atoms with E-state index < -0.39 is 12.0 Å². The quantitative estimate of drug-likeness (QED) is 0.612. The maximum absolute atomic E-state index is 10.5. The number of amides is 1. The molecule has 0 aliphatic carbocycles. The maximum Gasteiger partial charge on any atom is 0.220 e. The Labute approximate surface area is 71.7 Å². The van der Waals surface area contributed by atoms with E-state index >= 15 is 0 Å². The molecule has 4 nitrogen and oxygen atoms in total. The number of nitrogens with two attached hydrogens (primary N) is 1. The van der Waals surface area contributed by atoms with E-state index in [2.05, 4.69) is 0 Å². The minimum atomic E-state index is -0.577. The van der Waals surface area contributed by atoms with Crippen molar-refractivity contribution in [3.8, 4) is 0 Å². The summed E-state index contributed by atoms with van der Waals surface area (Å²) in [5.74, 6) is -0.250. The Kier molecular flexibility index (Phi) is 3.49. The fourth-order valence-corrected chi connectivity index (χ4v) is 1.47. The lowest BCUT2D eigenvalue weighted by atomic mass is 9.92. The average molecular weight is 173 g/mol. The van der Waals surface area contributed by atoms with Crippen molar-refractivity contribution in [2.45, 2.75) is 25.4 Å². The van der Waals surface area contributed by atoms with Crippen molar-refractivity contribution in [3.63, 3.8) is 0 Å². The van der Waals surface area contributed by atoms with Crippen molar-refractivity contribution in [1.82, 2.24) is 0 Å². The van der Waals surface area contributed by atoms with E-state index in [0.717, 1.165) is 12.8 Å². The first-order valence-corrected chi connectivity index (χ1v) is 4.24. The molecule has 0 bridgehead atoms. The van der Waals surface area contributed by atoms with Crippen LogP contribution in [0.3, 0.4) is 0 Å². The summed E-state index contributed by atoms with van der Waals surface area (Å²) in [5, 5.41) is 9.49. The Morgan fingerprint density at radius 1 is 1.58 bits per heavy atom. The fraction of sp³-hybridized carbons (Fsp3) is 0.875. The van der Waals surface area contributed by atoms with Gasteiger partial charge in [-0.2, -0.15) is 0 Å². The van der Waals surface area contributed by atoms with Gasteiger partial charge in [-0.05, 0) is 18.8 Å². The van der Waals surface area contributed by atoms with Gasteiger partial charge in [-0.3, -0.25) is 4.79 Å². The highest BCUT2D eigenvalue weighted by molar-refractivity contribution is 5.74. The Morgan fingerprint density at radius 2 is 2.17 bits per heavy atom. The summed E-state index contributed by atoms with van der Waals surface area (Å²) >= 11 is 0. The van der Waals surface area contributed by atoms with Gasteiger partial charge in [0.2, 0.25) is 5.91 Å². The third-order valence-electron chi connectivity index (χ3n) is 2.22. The summed E-state index contributed by atoms with van der Waals surface area (Å²) in [6.45, 7) is 1.36. The van der Waals surface area contributed by atoms with E-state index in [1.54, 1.807) is 0 Å². The number of carbonyl (C=O) groups excluding carboxylic acids is 1. The molecule has 12 heavy (non-hydrogen) atoms. The van der Waals surface area contributed by atoms with E-state index in [0.29, 0.717) is 13.2 Å². The van der Waals surface area contributed by atoms with Crippen molar-refractivity contribution in [3.05, 3.63) is 0 Å². The molecule has 1 aliphatic rings. The summed E-state index contributed by atoms with van der Waals surface area (Å²) in [4.78, 5) is 10.5. The first kappa shape index (κ1) is 9.48. The van der Waals surface area contributed by atoms with Crippen LogP contribution in [0.5, 0.6) is 0 Å². The minimum Gasteiger partial charge on any atom is -0.392 e. The van der Waals surface area contributed by atoms with Crippen LogP contribution in [0.15, 0.2) is 0 Å². The van der Waals surface area contributed by atoms with Crippen LogP contribution < -0.4 is 5.73 Å². The lowest BCUT2D eigenvalue weighted by Gasteiger charge is -2.25. The van der Waals surface area contributed by atoms with Gasteiger partial charge in [0.1, 0.15) is 0 Å². The van der Waals surface area contributed by atoms with Crippen molar-refractivity contribution >= 4 is 5.91 Å². The first-order chi connectivity index (χ1) is 5.70. The normalized spacial score (nSPS) is 22.1. The molecule has 0 aromatic heterocycles. The van der Waals surface area contributed by atoms with Gasteiger partial charge < -0.3 is 15.6 Å². The predicted octanol–water partition coefficient (Wildman–Crippen LogP) is -0.351. The number of hydrogen-bond acceptors (Lipinski definition) is 3. The minimum absolute atomic E-state index is 0.0741. The number of ether oxygens (including phenoxy) is 1. The molecule has 0 aromatic carbocycles. The van der Waals surface area contributed by atoms with Gasteiger partial charge in [0, 0.05) is 13.2 Å². The maximum atomic E-state index is 10.5. The molecule has 1 fully saturated rings. The van der Waals surface area contributed by atoms with Crippen LogP contribution in [-0.2, 0) is 9.53 Å². The second kappa shape index (κ2) is 4.42. The van der Waals surface area contributed by atoms with Gasteiger partial charge in [-0.1, -0.05) is 0 Å². The Hall–Kier alpha value is -0.610. The van der Waals surface area contributed by atoms with E-state index in [4.69, 9.17) is 10.5 Å². The Morgan fingerprint density at radius 3 is 2.67 bits per heavy atom. The highest BCUT2D eigenvalue weighted by Gasteiger charge is 2.23. The summed E-state index contributed by atoms with van der Waals surface area (Å²) in [5.41, 5.74) is 4.97. The van der Waals surface area contributed by atoms with Crippen LogP contribution in [0.25, 0.3) is 0 Å². The summed E-state index contributed by atoms with van der Waals surface area (Å²) in [7, 11) is 0. The van der Waals surface area contributed by atoms with E-state index in [9.17, 15) is 9.90 Å². The number of hydrogen-bond donors (Lipinski definition) is 2. The monoisotopic (exact) mass is 173 g/mol. The molecule has 0 spiro atoms. The molecule has 1 heterocycles. The Balaban J connectivity index is 2.29.